The van der Waals surface area contributed by atoms with Gasteiger partial charge in [0.2, 0.25) is 0 Å². The first kappa shape index (κ1) is 19.9. The van der Waals surface area contributed by atoms with Gasteiger partial charge in [-0.05, 0) is 73.8 Å². The molecule has 0 aromatic heterocycles. The number of carboxylic acid groups (broad SMARTS) is 1. The lowest BCUT2D eigenvalue weighted by Gasteiger charge is -2.28. The third kappa shape index (κ3) is 5.54. The summed E-state index contributed by atoms with van der Waals surface area (Å²) in [5, 5.41) is 8.74. The van der Waals surface area contributed by atoms with Crippen molar-refractivity contribution < 1.29 is 19.4 Å². The molecular weight excluding hydrogens is 480 g/mol. The maximum atomic E-state index is 10.7. The van der Waals surface area contributed by atoms with Crippen molar-refractivity contribution in [1.82, 2.24) is 0 Å². The van der Waals surface area contributed by atoms with Crippen LogP contribution < -0.4 is 9.64 Å². The van der Waals surface area contributed by atoms with Gasteiger partial charge in [-0.25, -0.2) is 4.79 Å². The van der Waals surface area contributed by atoms with Crippen LogP contribution in [0, 0.1) is 0 Å². The first-order chi connectivity index (χ1) is 13.0. The monoisotopic (exact) mass is 496 g/mol. The molecule has 3 rings (SSSR count). The number of anilines is 1. The lowest BCUT2D eigenvalue weighted by atomic mass is 10.2. The molecule has 1 aliphatic rings. The summed E-state index contributed by atoms with van der Waals surface area (Å²) in [5.41, 5.74) is 2.88. The highest BCUT2D eigenvalue weighted by molar-refractivity contribution is 9.11. The fraction of sp³-hybridized carbons (Fsp3) is 0.263. The van der Waals surface area contributed by atoms with Gasteiger partial charge in [-0.3, -0.25) is 4.99 Å². The summed E-state index contributed by atoms with van der Waals surface area (Å²) in [7, 11) is 0. The van der Waals surface area contributed by atoms with Crippen molar-refractivity contribution in [2.45, 2.75) is 0 Å². The van der Waals surface area contributed by atoms with Crippen molar-refractivity contribution >= 4 is 55.4 Å². The number of carbonyl (C=O) groups is 1. The maximum absolute atomic E-state index is 10.7. The standard InChI is InChI=1S/C19H18Br2N2O4/c20-16-9-13(10-17(21)19(16)27-12-18(24)25)11-22-14-1-3-15(4-2-14)23-5-7-26-8-6-23/h1-4,9-11H,5-8,12H2,(H,24,25). The Morgan fingerprint density at radius 3 is 2.41 bits per heavy atom. The third-order valence-electron chi connectivity index (χ3n) is 3.95. The Morgan fingerprint density at radius 1 is 1.19 bits per heavy atom. The molecule has 0 atom stereocenters. The van der Waals surface area contributed by atoms with Crippen molar-refractivity contribution in [2.75, 3.05) is 37.8 Å². The predicted octanol–water partition coefficient (Wildman–Crippen LogP) is 4.26. The second-order valence-electron chi connectivity index (χ2n) is 5.87. The van der Waals surface area contributed by atoms with Crippen LogP contribution in [0.5, 0.6) is 5.75 Å². The number of morpholine rings is 1. The minimum absolute atomic E-state index is 0.403. The van der Waals surface area contributed by atoms with Crippen LogP contribution in [-0.4, -0.2) is 50.2 Å². The topological polar surface area (TPSA) is 71.4 Å². The molecule has 0 amide bonds. The van der Waals surface area contributed by atoms with E-state index in [0.29, 0.717) is 14.7 Å². The normalized spacial score (nSPS) is 14.5. The molecule has 0 unspecified atom stereocenters. The summed E-state index contributed by atoms with van der Waals surface area (Å²) in [6.45, 7) is 2.92. The van der Waals surface area contributed by atoms with Crippen molar-refractivity contribution in [2.24, 2.45) is 4.99 Å². The first-order valence-electron chi connectivity index (χ1n) is 8.33. The number of carboxylic acids is 1. The molecule has 27 heavy (non-hydrogen) atoms. The SMILES string of the molecule is O=C(O)COc1c(Br)cc(C=Nc2ccc(N3CCOCC3)cc2)cc1Br. The van der Waals surface area contributed by atoms with Gasteiger partial charge in [0.1, 0.15) is 5.75 Å². The highest BCUT2D eigenvalue weighted by Gasteiger charge is 2.11. The quantitative estimate of drug-likeness (QED) is 0.603. The van der Waals surface area contributed by atoms with E-state index in [4.69, 9.17) is 14.6 Å². The average Bonchev–Trinajstić information content (AvgIpc) is 2.66. The minimum Gasteiger partial charge on any atom is -0.480 e. The fourth-order valence-electron chi connectivity index (χ4n) is 2.65. The zero-order valence-corrected chi connectivity index (χ0v) is 17.6. The number of benzene rings is 2. The van der Waals surface area contributed by atoms with E-state index in [0.717, 1.165) is 37.6 Å². The highest BCUT2D eigenvalue weighted by Crippen LogP contribution is 2.34. The molecule has 0 bridgehead atoms. The van der Waals surface area contributed by atoms with Crippen LogP contribution in [0.1, 0.15) is 5.56 Å². The summed E-state index contributed by atoms with van der Waals surface area (Å²) >= 11 is 6.81. The zero-order chi connectivity index (χ0) is 19.2. The molecular formula is C19H18Br2N2O4. The Morgan fingerprint density at radius 2 is 1.81 bits per heavy atom. The van der Waals surface area contributed by atoms with Gasteiger partial charge in [0.05, 0.1) is 27.8 Å². The summed E-state index contributed by atoms with van der Waals surface area (Å²) in [4.78, 5) is 17.5. The number of hydrogen-bond acceptors (Lipinski definition) is 5. The number of aliphatic imine (C=N–C) groups is 1. The molecule has 0 aliphatic carbocycles. The van der Waals surface area contributed by atoms with E-state index in [9.17, 15) is 4.79 Å². The summed E-state index contributed by atoms with van der Waals surface area (Å²) in [6, 6.07) is 11.7. The van der Waals surface area contributed by atoms with Crippen LogP contribution in [-0.2, 0) is 9.53 Å². The molecule has 0 spiro atoms. The van der Waals surface area contributed by atoms with Crippen LogP contribution in [0.4, 0.5) is 11.4 Å². The van der Waals surface area contributed by atoms with Crippen LogP contribution in [0.2, 0.25) is 0 Å². The molecule has 8 heteroatoms. The molecule has 2 aromatic carbocycles. The smallest absolute Gasteiger partial charge is 0.341 e. The molecule has 1 aliphatic heterocycles. The van der Waals surface area contributed by atoms with Gasteiger partial charge >= 0.3 is 5.97 Å². The van der Waals surface area contributed by atoms with Crippen LogP contribution in [0.25, 0.3) is 0 Å². The second kappa shape index (κ2) is 9.34. The van der Waals surface area contributed by atoms with Crippen molar-refractivity contribution in [3.63, 3.8) is 0 Å². The Labute approximate surface area is 174 Å². The van der Waals surface area contributed by atoms with Gasteiger partial charge in [-0.2, -0.15) is 0 Å². The van der Waals surface area contributed by atoms with Crippen molar-refractivity contribution in [3.8, 4) is 5.75 Å². The van der Waals surface area contributed by atoms with Gasteiger partial charge in [-0.1, -0.05) is 0 Å². The third-order valence-corrected chi connectivity index (χ3v) is 5.13. The van der Waals surface area contributed by atoms with Gasteiger partial charge in [0.25, 0.3) is 0 Å². The van der Waals surface area contributed by atoms with Gasteiger partial charge in [0, 0.05) is 25.0 Å². The Bertz CT molecular complexity index is 811. The van der Waals surface area contributed by atoms with Crippen molar-refractivity contribution in [1.29, 1.82) is 0 Å². The van der Waals surface area contributed by atoms with E-state index in [-0.39, 0.29) is 0 Å². The Balaban J connectivity index is 1.69. The molecule has 0 saturated carbocycles. The number of aliphatic carboxylic acids is 1. The largest absolute Gasteiger partial charge is 0.480 e. The summed E-state index contributed by atoms with van der Waals surface area (Å²) < 4.78 is 12.0. The lowest BCUT2D eigenvalue weighted by Crippen LogP contribution is -2.36. The van der Waals surface area contributed by atoms with E-state index < -0.39 is 12.6 Å². The number of hydrogen-bond donors (Lipinski definition) is 1. The number of halogens is 2. The Hall–Kier alpha value is -1.90. The number of ether oxygens (including phenoxy) is 2. The maximum Gasteiger partial charge on any atom is 0.341 e. The molecule has 1 heterocycles. The Kier molecular flexibility index (Phi) is 6.87. The zero-order valence-electron chi connectivity index (χ0n) is 14.4. The molecule has 2 aromatic rings. The van der Waals surface area contributed by atoms with E-state index in [1.807, 2.05) is 24.3 Å². The predicted molar refractivity (Wildman–Crippen MR) is 112 cm³/mol. The number of rotatable bonds is 6. The first-order valence-corrected chi connectivity index (χ1v) is 9.92. The van der Waals surface area contributed by atoms with Gasteiger partial charge < -0.3 is 19.5 Å². The molecule has 6 nitrogen and oxygen atoms in total. The summed E-state index contributed by atoms with van der Waals surface area (Å²) in [6.07, 6.45) is 1.75. The molecule has 1 saturated heterocycles. The molecule has 1 fully saturated rings. The number of nitrogens with zero attached hydrogens (tertiary/aromatic N) is 2. The summed E-state index contributed by atoms with van der Waals surface area (Å²) in [5.74, 6) is -0.579. The second-order valence-corrected chi connectivity index (χ2v) is 7.58. The van der Waals surface area contributed by atoms with E-state index >= 15 is 0 Å². The van der Waals surface area contributed by atoms with E-state index in [2.05, 4.69) is 53.9 Å². The highest BCUT2D eigenvalue weighted by atomic mass is 79.9. The minimum atomic E-state index is -1.03. The van der Waals surface area contributed by atoms with Gasteiger partial charge in [0.15, 0.2) is 6.61 Å². The van der Waals surface area contributed by atoms with Crippen LogP contribution in [0.15, 0.2) is 50.3 Å². The average molecular weight is 498 g/mol. The van der Waals surface area contributed by atoms with Crippen molar-refractivity contribution in [3.05, 3.63) is 50.9 Å². The van der Waals surface area contributed by atoms with Gasteiger partial charge in [-0.15, -0.1) is 0 Å². The van der Waals surface area contributed by atoms with Crippen LogP contribution in [0.3, 0.4) is 0 Å². The van der Waals surface area contributed by atoms with E-state index in [1.54, 1.807) is 6.21 Å². The molecule has 142 valence electrons. The van der Waals surface area contributed by atoms with E-state index in [1.165, 1.54) is 5.69 Å². The van der Waals surface area contributed by atoms with Crippen LogP contribution >= 0.6 is 31.9 Å². The lowest BCUT2D eigenvalue weighted by molar-refractivity contribution is -0.139. The molecule has 0 radical (unpaired) electrons. The fourth-order valence-corrected chi connectivity index (χ4v) is 4.10. The molecule has 1 N–H and O–H groups in total.